The van der Waals surface area contributed by atoms with Crippen molar-refractivity contribution in [1.29, 1.82) is 0 Å². The number of hydrogen-bond acceptors (Lipinski definition) is 2. The molecule has 0 radical (unpaired) electrons. The van der Waals surface area contributed by atoms with Gasteiger partial charge in [-0.2, -0.15) is 0 Å². The molecule has 0 aliphatic rings. The second kappa shape index (κ2) is 7.91. The fraction of sp³-hybridized carbons (Fsp3) is 0.500. The molecule has 1 rings (SSSR count). The highest BCUT2D eigenvalue weighted by Gasteiger charge is 2.10. The Hall–Kier alpha value is -1.31. The standard InChI is InChI=1S/C14H21NO/c1-3-5-12-15-16-14(9-4-2)13-10-7-6-8-11-13/h6-8,10-12,14H,3-5,9H2,1-2H3/b15-12+/t14-/m1/s1. The Labute approximate surface area is 98.3 Å². The van der Waals surface area contributed by atoms with E-state index in [0.29, 0.717) is 0 Å². The van der Waals surface area contributed by atoms with Crippen molar-refractivity contribution in [3.63, 3.8) is 0 Å². The SMILES string of the molecule is CCC/C=N/O[C@H](CCC)c1ccccc1. The summed E-state index contributed by atoms with van der Waals surface area (Å²) >= 11 is 0. The van der Waals surface area contributed by atoms with Crippen molar-refractivity contribution >= 4 is 6.21 Å². The average Bonchev–Trinajstić information content (AvgIpc) is 2.34. The maximum absolute atomic E-state index is 5.54. The number of rotatable bonds is 7. The van der Waals surface area contributed by atoms with Gasteiger partial charge >= 0.3 is 0 Å². The largest absolute Gasteiger partial charge is 0.388 e. The molecule has 0 aliphatic heterocycles. The molecule has 2 heteroatoms. The van der Waals surface area contributed by atoms with Gasteiger partial charge in [0.2, 0.25) is 0 Å². The van der Waals surface area contributed by atoms with Gasteiger partial charge in [-0.1, -0.05) is 62.2 Å². The molecule has 0 spiro atoms. The van der Waals surface area contributed by atoms with E-state index in [1.807, 2.05) is 24.4 Å². The molecule has 88 valence electrons. The van der Waals surface area contributed by atoms with E-state index in [-0.39, 0.29) is 6.10 Å². The second-order valence-corrected chi connectivity index (χ2v) is 3.87. The summed E-state index contributed by atoms with van der Waals surface area (Å²) in [5.74, 6) is 0. The summed E-state index contributed by atoms with van der Waals surface area (Å²) in [6.07, 6.45) is 6.14. The van der Waals surface area contributed by atoms with Crippen molar-refractivity contribution in [2.45, 2.75) is 45.6 Å². The van der Waals surface area contributed by atoms with Gasteiger partial charge in [-0.3, -0.25) is 0 Å². The summed E-state index contributed by atoms with van der Waals surface area (Å²) in [6, 6.07) is 10.3. The van der Waals surface area contributed by atoms with E-state index in [1.165, 1.54) is 5.56 Å². The predicted molar refractivity (Wildman–Crippen MR) is 68.6 cm³/mol. The van der Waals surface area contributed by atoms with Gasteiger partial charge in [0.15, 0.2) is 6.10 Å². The Morgan fingerprint density at radius 3 is 2.56 bits per heavy atom. The van der Waals surface area contributed by atoms with Crippen LogP contribution in [0.2, 0.25) is 0 Å². The molecule has 0 N–H and O–H groups in total. The van der Waals surface area contributed by atoms with E-state index in [0.717, 1.165) is 25.7 Å². The first-order valence-electron chi connectivity index (χ1n) is 6.11. The van der Waals surface area contributed by atoms with Crippen LogP contribution in [0.4, 0.5) is 0 Å². The first kappa shape index (κ1) is 12.8. The zero-order chi connectivity index (χ0) is 11.6. The molecule has 1 atom stereocenters. The van der Waals surface area contributed by atoms with Crippen LogP contribution >= 0.6 is 0 Å². The third-order valence-corrected chi connectivity index (χ3v) is 2.40. The summed E-state index contributed by atoms with van der Waals surface area (Å²) in [6.45, 7) is 4.29. The van der Waals surface area contributed by atoms with Gasteiger partial charge in [0.1, 0.15) is 0 Å². The highest BCUT2D eigenvalue weighted by Crippen LogP contribution is 2.22. The van der Waals surface area contributed by atoms with Crippen LogP contribution in [0.1, 0.15) is 51.2 Å². The molecule has 1 aromatic carbocycles. The molecule has 0 bridgehead atoms. The van der Waals surface area contributed by atoms with Crippen LogP contribution in [0.15, 0.2) is 35.5 Å². The van der Waals surface area contributed by atoms with Gasteiger partial charge in [-0.05, 0) is 18.4 Å². The van der Waals surface area contributed by atoms with Gasteiger partial charge < -0.3 is 4.84 Å². The van der Waals surface area contributed by atoms with Crippen molar-refractivity contribution in [3.05, 3.63) is 35.9 Å². The maximum atomic E-state index is 5.54. The van der Waals surface area contributed by atoms with E-state index >= 15 is 0 Å². The molecule has 16 heavy (non-hydrogen) atoms. The Morgan fingerprint density at radius 1 is 1.19 bits per heavy atom. The number of hydrogen-bond donors (Lipinski definition) is 0. The lowest BCUT2D eigenvalue weighted by Gasteiger charge is -2.14. The Bertz CT molecular complexity index is 295. The van der Waals surface area contributed by atoms with Crippen molar-refractivity contribution in [3.8, 4) is 0 Å². The minimum atomic E-state index is 0.0966. The van der Waals surface area contributed by atoms with Crippen LogP contribution < -0.4 is 0 Å². The third-order valence-electron chi connectivity index (χ3n) is 2.40. The molecular formula is C14H21NO. The zero-order valence-electron chi connectivity index (χ0n) is 10.2. The lowest BCUT2D eigenvalue weighted by atomic mass is 10.1. The maximum Gasteiger partial charge on any atom is 0.152 e. The summed E-state index contributed by atoms with van der Waals surface area (Å²) in [4.78, 5) is 5.54. The molecule has 0 fully saturated rings. The minimum absolute atomic E-state index is 0.0966. The normalized spacial score (nSPS) is 12.9. The van der Waals surface area contributed by atoms with Crippen molar-refractivity contribution < 1.29 is 4.84 Å². The van der Waals surface area contributed by atoms with Gasteiger partial charge in [-0.25, -0.2) is 0 Å². The molecule has 0 amide bonds. The third kappa shape index (κ3) is 4.47. The molecule has 0 aromatic heterocycles. The fourth-order valence-electron chi connectivity index (χ4n) is 1.51. The molecule has 2 nitrogen and oxygen atoms in total. The van der Waals surface area contributed by atoms with E-state index in [9.17, 15) is 0 Å². The molecule has 0 heterocycles. The number of nitrogens with zero attached hydrogens (tertiary/aromatic N) is 1. The van der Waals surface area contributed by atoms with E-state index in [2.05, 4.69) is 31.1 Å². The van der Waals surface area contributed by atoms with Gasteiger partial charge in [0.05, 0.1) is 0 Å². The van der Waals surface area contributed by atoms with Crippen LogP contribution in [0.25, 0.3) is 0 Å². The minimum Gasteiger partial charge on any atom is -0.388 e. The molecule has 1 aromatic rings. The van der Waals surface area contributed by atoms with Gasteiger partial charge in [-0.15, -0.1) is 0 Å². The van der Waals surface area contributed by atoms with Crippen LogP contribution in [0, 0.1) is 0 Å². The molecule has 0 saturated heterocycles. The molecule has 0 aliphatic carbocycles. The topological polar surface area (TPSA) is 21.6 Å². The zero-order valence-corrected chi connectivity index (χ0v) is 10.2. The highest BCUT2D eigenvalue weighted by atomic mass is 16.6. The quantitative estimate of drug-likeness (QED) is 0.494. The first-order valence-corrected chi connectivity index (χ1v) is 6.11. The lowest BCUT2D eigenvalue weighted by Crippen LogP contribution is -2.00. The van der Waals surface area contributed by atoms with Gasteiger partial charge in [0, 0.05) is 6.21 Å². The Morgan fingerprint density at radius 2 is 1.94 bits per heavy atom. The molecule has 0 unspecified atom stereocenters. The fourth-order valence-corrected chi connectivity index (χ4v) is 1.51. The number of unbranched alkanes of at least 4 members (excludes halogenated alkanes) is 1. The predicted octanol–water partition coefficient (Wildman–Crippen LogP) is 4.33. The lowest BCUT2D eigenvalue weighted by molar-refractivity contribution is 0.0523. The summed E-state index contributed by atoms with van der Waals surface area (Å²) < 4.78 is 0. The summed E-state index contributed by atoms with van der Waals surface area (Å²) in [5, 5.41) is 4.03. The van der Waals surface area contributed by atoms with Crippen LogP contribution in [0.5, 0.6) is 0 Å². The van der Waals surface area contributed by atoms with Gasteiger partial charge in [0.25, 0.3) is 0 Å². The van der Waals surface area contributed by atoms with E-state index < -0.39 is 0 Å². The molecular weight excluding hydrogens is 198 g/mol. The monoisotopic (exact) mass is 219 g/mol. The second-order valence-electron chi connectivity index (χ2n) is 3.87. The van der Waals surface area contributed by atoms with E-state index in [1.54, 1.807) is 0 Å². The van der Waals surface area contributed by atoms with Crippen LogP contribution in [-0.2, 0) is 4.84 Å². The Kier molecular flexibility index (Phi) is 6.31. The molecule has 0 saturated carbocycles. The van der Waals surface area contributed by atoms with Crippen molar-refractivity contribution in [2.24, 2.45) is 5.16 Å². The van der Waals surface area contributed by atoms with Crippen molar-refractivity contribution in [2.75, 3.05) is 0 Å². The van der Waals surface area contributed by atoms with Crippen LogP contribution in [0.3, 0.4) is 0 Å². The highest BCUT2D eigenvalue weighted by molar-refractivity contribution is 5.55. The van der Waals surface area contributed by atoms with E-state index in [4.69, 9.17) is 4.84 Å². The summed E-state index contributed by atoms with van der Waals surface area (Å²) in [5.41, 5.74) is 1.21. The number of oxime groups is 1. The van der Waals surface area contributed by atoms with Crippen molar-refractivity contribution in [1.82, 2.24) is 0 Å². The number of benzene rings is 1. The first-order chi connectivity index (χ1) is 7.88. The van der Waals surface area contributed by atoms with Crippen LogP contribution in [-0.4, -0.2) is 6.21 Å². The average molecular weight is 219 g/mol. The smallest absolute Gasteiger partial charge is 0.152 e. The Balaban J connectivity index is 2.54. The summed E-state index contributed by atoms with van der Waals surface area (Å²) in [7, 11) is 0.